The van der Waals surface area contributed by atoms with Crippen LogP contribution in [-0.4, -0.2) is 33.4 Å². The molecule has 0 bridgehead atoms. The number of hydrogen-bond donors (Lipinski definition) is 0. The van der Waals surface area contributed by atoms with Crippen LogP contribution in [0.4, 0.5) is 0 Å². The number of esters is 1. The summed E-state index contributed by atoms with van der Waals surface area (Å²) in [5.41, 5.74) is 1.76. The normalized spacial score (nSPS) is 10.6. The van der Waals surface area contributed by atoms with Gasteiger partial charge >= 0.3 is 11.6 Å². The topological polar surface area (TPSA) is 84.2 Å². The van der Waals surface area contributed by atoms with E-state index in [1.165, 1.54) is 7.11 Å². The molecule has 0 atom stereocenters. The van der Waals surface area contributed by atoms with Crippen LogP contribution < -0.4 is 19.8 Å². The van der Waals surface area contributed by atoms with E-state index in [1.54, 1.807) is 50.4 Å². The van der Waals surface area contributed by atoms with Crippen LogP contribution in [0.3, 0.4) is 0 Å². The van der Waals surface area contributed by atoms with Crippen LogP contribution in [0.5, 0.6) is 17.2 Å². The quantitative estimate of drug-likeness (QED) is 0.443. The monoisotopic (exact) mass is 398 g/mol. The smallest absolute Gasteiger partial charge is 0.344 e. The number of fused-ring (bicyclic) bond motifs is 1. The van der Waals surface area contributed by atoms with Crippen LogP contribution in [0.15, 0.2) is 45.6 Å². The molecule has 7 nitrogen and oxygen atoms in total. The van der Waals surface area contributed by atoms with Crippen molar-refractivity contribution in [3.05, 3.63) is 52.4 Å². The van der Waals surface area contributed by atoms with Crippen molar-refractivity contribution >= 4 is 16.9 Å². The molecular weight excluding hydrogens is 376 g/mol. The first-order valence-corrected chi connectivity index (χ1v) is 9.06. The first kappa shape index (κ1) is 20.3. The van der Waals surface area contributed by atoms with Crippen molar-refractivity contribution in [3.63, 3.8) is 0 Å². The Kier molecular flexibility index (Phi) is 6.07. The maximum absolute atomic E-state index is 12.7. The molecule has 7 heteroatoms. The molecule has 0 aliphatic rings. The van der Waals surface area contributed by atoms with Gasteiger partial charge in [-0.2, -0.15) is 0 Å². The predicted molar refractivity (Wildman–Crippen MR) is 108 cm³/mol. The molecule has 1 aromatic heterocycles. The van der Waals surface area contributed by atoms with Crippen LogP contribution >= 0.6 is 0 Å². The zero-order valence-corrected chi connectivity index (χ0v) is 16.7. The summed E-state index contributed by atoms with van der Waals surface area (Å²) in [7, 11) is 3.09. The number of aryl methyl sites for hydroxylation is 1. The number of carbonyl (C=O) groups excluding carboxylic acids is 1. The molecule has 0 aliphatic heterocycles. The minimum atomic E-state index is -0.482. The lowest BCUT2D eigenvalue weighted by Gasteiger charge is -2.12. The third-order valence-corrected chi connectivity index (χ3v) is 4.47. The fourth-order valence-electron chi connectivity index (χ4n) is 3.10. The van der Waals surface area contributed by atoms with Gasteiger partial charge in [-0.3, -0.25) is 0 Å². The van der Waals surface area contributed by atoms with Crippen molar-refractivity contribution in [3.8, 4) is 28.4 Å². The van der Waals surface area contributed by atoms with Crippen molar-refractivity contribution in [2.24, 2.45) is 0 Å². The molecule has 0 fully saturated rings. The number of rotatable bonds is 7. The highest BCUT2D eigenvalue weighted by Gasteiger charge is 2.16. The second-order valence-electron chi connectivity index (χ2n) is 6.21. The molecular formula is C22H22O7. The molecule has 0 saturated carbocycles. The second kappa shape index (κ2) is 8.68. The van der Waals surface area contributed by atoms with E-state index in [0.717, 1.165) is 10.9 Å². The summed E-state index contributed by atoms with van der Waals surface area (Å²) in [5, 5.41) is 0.762. The molecule has 3 aromatic rings. The van der Waals surface area contributed by atoms with E-state index >= 15 is 0 Å². The van der Waals surface area contributed by atoms with Crippen molar-refractivity contribution in [2.75, 3.05) is 27.4 Å². The standard InChI is InChI=1S/C22H22O7/c1-5-27-20(23)12-28-15-7-8-16-13(2)21(22(24)29-18(16)11-15)14-6-9-17(25-3)19(10-14)26-4/h6-11H,5,12H2,1-4H3. The third kappa shape index (κ3) is 4.18. The van der Waals surface area contributed by atoms with Crippen molar-refractivity contribution in [1.82, 2.24) is 0 Å². The molecule has 3 rings (SSSR count). The average molecular weight is 398 g/mol. The van der Waals surface area contributed by atoms with Gasteiger partial charge in [0.25, 0.3) is 0 Å². The summed E-state index contributed by atoms with van der Waals surface area (Å²) in [5.74, 6) is 1.04. The Bertz CT molecular complexity index is 1100. The first-order valence-electron chi connectivity index (χ1n) is 9.06. The van der Waals surface area contributed by atoms with E-state index in [1.807, 2.05) is 6.92 Å². The Hall–Kier alpha value is -3.48. The number of hydrogen-bond acceptors (Lipinski definition) is 7. The largest absolute Gasteiger partial charge is 0.493 e. The van der Waals surface area contributed by atoms with Gasteiger partial charge in [0, 0.05) is 11.5 Å². The van der Waals surface area contributed by atoms with Gasteiger partial charge in [0.1, 0.15) is 11.3 Å². The minimum Gasteiger partial charge on any atom is -0.493 e. The molecule has 0 spiro atoms. The molecule has 29 heavy (non-hydrogen) atoms. The van der Waals surface area contributed by atoms with Crippen molar-refractivity contribution < 1.29 is 28.2 Å². The Morgan fingerprint density at radius 1 is 1.03 bits per heavy atom. The van der Waals surface area contributed by atoms with Gasteiger partial charge in [-0.1, -0.05) is 6.07 Å². The lowest BCUT2D eigenvalue weighted by molar-refractivity contribution is -0.145. The molecule has 152 valence electrons. The zero-order valence-electron chi connectivity index (χ0n) is 16.7. The molecule has 1 heterocycles. The van der Waals surface area contributed by atoms with Crippen LogP contribution in [0.2, 0.25) is 0 Å². The lowest BCUT2D eigenvalue weighted by atomic mass is 9.99. The van der Waals surface area contributed by atoms with Crippen molar-refractivity contribution in [2.45, 2.75) is 13.8 Å². The fraction of sp³-hybridized carbons (Fsp3) is 0.273. The third-order valence-electron chi connectivity index (χ3n) is 4.47. The predicted octanol–water partition coefficient (Wildman–Crippen LogP) is 3.73. The SMILES string of the molecule is CCOC(=O)COc1ccc2c(C)c(-c3ccc(OC)c(OC)c3)c(=O)oc2c1. The van der Waals surface area contributed by atoms with E-state index < -0.39 is 11.6 Å². The average Bonchev–Trinajstić information content (AvgIpc) is 2.72. The molecule has 0 aliphatic carbocycles. The van der Waals surface area contributed by atoms with Crippen LogP contribution in [0.1, 0.15) is 12.5 Å². The molecule has 0 saturated heterocycles. The van der Waals surface area contributed by atoms with Gasteiger partial charge in [0.2, 0.25) is 0 Å². The maximum Gasteiger partial charge on any atom is 0.344 e. The summed E-state index contributed by atoms with van der Waals surface area (Å²) < 4.78 is 26.4. The zero-order chi connectivity index (χ0) is 21.0. The number of benzene rings is 2. The Morgan fingerprint density at radius 3 is 2.48 bits per heavy atom. The van der Waals surface area contributed by atoms with E-state index in [-0.39, 0.29) is 13.2 Å². The van der Waals surface area contributed by atoms with Crippen LogP contribution in [-0.2, 0) is 9.53 Å². The van der Waals surface area contributed by atoms with Gasteiger partial charge in [0.15, 0.2) is 18.1 Å². The molecule has 2 aromatic carbocycles. The summed E-state index contributed by atoms with van der Waals surface area (Å²) in [6.07, 6.45) is 0. The number of carbonyl (C=O) groups is 1. The van der Waals surface area contributed by atoms with Gasteiger partial charge in [-0.15, -0.1) is 0 Å². The second-order valence-corrected chi connectivity index (χ2v) is 6.21. The maximum atomic E-state index is 12.7. The Labute approximate surface area is 167 Å². The van der Waals surface area contributed by atoms with Gasteiger partial charge in [-0.25, -0.2) is 9.59 Å². The van der Waals surface area contributed by atoms with E-state index in [4.69, 9.17) is 23.4 Å². The summed E-state index contributed by atoms with van der Waals surface area (Å²) in [4.78, 5) is 24.2. The van der Waals surface area contributed by atoms with Gasteiger partial charge < -0.3 is 23.4 Å². The summed E-state index contributed by atoms with van der Waals surface area (Å²) in [6, 6.07) is 10.3. The molecule has 0 radical (unpaired) electrons. The molecule has 0 unspecified atom stereocenters. The lowest BCUT2D eigenvalue weighted by Crippen LogP contribution is -2.14. The van der Waals surface area contributed by atoms with Gasteiger partial charge in [0.05, 0.1) is 26.4 Å². The van der Waals surface area contributed by atoms with Crippen molar-refractivity contribution in [1.29, 1.82) is 0 Å². The highest BCUT2D eigenvalue weighted by molar-refractivity contribution is 5.87. The van der Waals surface area contributed by atoms with Gasteiger partial charge in [-0.05, 0) is 49.2 Å². The summed E-state index contributed by atoms with van der Waals surface area (Å²) >= 11 is 0. The Balaban J connectivity index is 2.00. The minimum absolute atomic E-state index is 0.216. The van der Waals surface area contributed by atoms with E-state index in [0.29, 0.717) is 34.0 Å². The van der Waals surface area contributed by atoms with Crippen LogP contribution in [0.25, 0.3) is 22.1 Å². The van der Waals surface area contributed by atoms with E-state index in [9.17, 15) is 9.59 Å². The first-order chi connectivity index (χ1) is 14.0. The van der Waals surface area contributed by atoms with E-state index in [2.05, 4.69) is 0 Å². The molecule has 0 N–H and O–H groups in total. The number of ether oxygens (including phenoxy) is 4. The number of methoxy groups -OCH3 is 2. The Morgan fingerprint density at radius 2 is 1.79 bits per heavy atom. The summed E-state index contributed by atoms with van der Waals surface area (Å²) in [6.45, 7) is 3.64. The molecule has 0 amide bonds. The fourth-order valence-corrected chi connectivity index (χ4v) is 3.10. The van der Waals surface area contributed by atoms with Crippen LogP contribution in [0, 0.1) is 6.92 Å². The highest BCUT2D eigenvalue weighted by Crippen LogP contribution is 2.34. The highest BCUT2D eigenvalue weighted by atomic mass is 16.6.